The SMILES string of the molecule is CC/C=C\C/C=C\C/C=C\C/C=C\C/C=C\C/C=C\C/C=C\C/C=C\C/C=C\CCCCCCCCCCCC(=O)OC(COC(=O)CCCCCCCCCCCCCCCCCCCCCCCCCCCC/C=C\C/C=C\C/C=C\C/C=C\CC)COC(OCC[N+](C)(C)C)C(=O)[O-]. The fourth-order valence-electron chi connectivity index (χ4n) is 11.5. The second-order valence-corrected chi connectivity index (χ2v) is 28.7. The van der Waals surface area contributed by atoms with Crippen LogP contribution < -0.4 is 5.11 Å². The molecule has 9 nitrogen and oxygen atoms in total. The number of aliphatic carboxylic acids is 1. The number of carboxylic acid groups (broad SMARTS) is 1. The minimum Gasteiger partial charge on any atom is -0.545 e. The van der Waals surface area contributed by atoms with Crippen LogP contribution in [-0.2, 0) is 33.3 Å². The number of rotatable bonds is 76. The second-order valence-electron chi connectivity index (χ2n) is 28.7. The second kappa shape index (κ2) is 80.6. The number of esters is 2. The molecule has 0 radical (unpaired) electrons. The molecule has 0 aromatic heterocycles. The number of carboxylic acids is 1. The molecular weight excluding hydrogens is 1250 g/mol. The molecule has 0 spiro atoms. The van der Waals surface area contributed by atoms with Crippen molar-refractivity contribution in [3.05, 3.63) is 158 Å². The fourth-order valence-corrected chi connectivity index (χ4v) is 11.5. The van der Waals surface area contributed by atoms with Crippen molar-refractivity contribution in [3.63, 3.8) is 0 Å². The highest BCUT2D eigenvalue weighted by molar-refractivity contribution is 5.70. The van der Waals surface area contributed by atoms with Gasteiger partial charge < -0.3 is 33.3 Å². The summed E-state index contributed by atoms with van der Waals surface area (Å²) < 4.78 is 22.9. The summed E-state index contributed by atoms with van der Waals surface area (Å²) in [6, 6.07) is 0. The highest BCUT2D eigenvalue weighted by atomic mass is 16.7. The van der Waals surface area contributed by atoms with E-state index in [9.17, 15) is 19.5 Å². The van der Waals surface area contributed by atoms with Gasteiger partial charge >= 0.3 is 11.9 Å². The zero-order chi connectivity index (χ0) is 73.2. The van der Waals surface area contributed by atoms with Crippen LogP contribution in [0.15, 0.2) is 158 Å². The van der Waals surface area contributed by atoms with Crippen molar-refractivity contribution in [1.82, 2.24) is 0 Å². The number of unbranched alkanes of at least 4 members (excludes halogenated alkanes) is 35. The van der Waals surface area contributed by atoms with Crippen LogP contribution >= 0.6 is 0 Å². The Hall–Kier alpha value is -5.09. The van der Waals surface area contributed by atoms with Crippen molar-refractivity contribution in [2.45, 2.75) is 360 Å². The van der Waals surface area contributed by atoms with Crippen LogP contribution in [0.5, 0.6) is 0 Å². The lowest BCUT2D eigenvalue weighted by atomic mass is 10.0. The van der Waals surface area contributed by atoms with Crippen LogP contribution in [-0.4, -0.2) is 82.3 Å². The number of hydrogen-bond acceptors (Lipinski definition) is 8. The molecule has 0 saturated carbocycles. The van der Waals surface area contributed by atoms with E-state index in [0.717, 1.165) is 128 Å². The van der Waals surface area contributed by atoms with E-state index >= 15 is 0 Å². The largest absolute Gasteiger partial charge is 0.545 e. The number of hydrogen-bond donors (Lipinski definition) is 0. The predicted octanol–water partition coefficient (Wildman–Crippen LogP) is 25.8. The van der Waals surface area contributed by atoms with E-state index in [1.54, 1.807) is 0 Å². The maximum Gasteiger partial charge on any atom is 0.306 e. The molecule has 0 rings (SSSR count). The molecular formula is C92H155NO8. The summed E-state index contributed by atoms with van der Waals surface area (Å²) in [5.74, 6) is -2.28. The summed E-state index contributed by atoms with van der Waals surface area (Å²) in [5.41, 5.74) is 0. The van der Waals surface area contributed by atoms with E-state index in [0.29, 0.717) is 17.4 Å². The molecule has 101 heavy (non-hydrogen) atoms. The molecule has 0 aliphatic heterocycles. The topological polar surface area (TPSA) is 111 Å². The van der Waals surface area contributed by atoms with E-state index in [4.69, 9.17) is 18.9 Å². The van der Waals surface area contributed by atoms with Gasteiger partial charge in [0.15, 0.2) is 12.4 Å². The lowest BCUT2D eigenvalue weighted by Gasteiger charge is -2.26. The summed E-state index contributed by atoms with van der Waals surface area (Å²) in [6.07, 6.45) is 117. The van der Waals surface area contributed by atoms with Crippen LogP contribution in [0.25, 0.3) is 0 Å². The first-order valence-electron chi connectivity index (χ1n) is 41.6. The zero-order valence-corrected chi connectivity index (χ0v) is 66.0. The van der Waals surface area contributed by atoms with Crippen molar-refractivity contribution in [2.75, 3.05) is 47.5 Å². The minimum absolute atomic E-state index is 0.141. The van der Waals surface area contributed by atoms with Crippen molar-refractivity contribution in [3.8, 4) is 0 Å². The van der Waals surface area contributed by atoms with Crippen molar-refractivity contribution >= 4 is 17.9 Å². The summed E-state index contributed by atoms with van der Waals surface area (Å²) in [4.78, 5) is 37.6. The maximum atomic E-state index is 13.0. The average molecular weight is 1400 g/mol. The molecule has 0 aromatic carbocycles. The van der Waals surface area contributed by atoms with Crippen LogP contribution in [0, 0.1) is 0 Å². The molecule has 0 saturated heterocycles. The van der Waals surface area contributed by atoms with E-state index in [1.165, 1.54) is 186 Å². The van der Waals surface area contributed by atoms with Crippen molar-refractivity contribution in [1.29, 1.82) is 0 Å². The van der Waals surface area contributed by atoms with Gasteiger partial charge in [-0.05, 0) is 122 Å². The fraction of sp³-hybridized carbons (Fsp3) is 0.685. The molecule has 2 unspecified atom stereocenters. The van der Waals surface area contributed by atoms with Gasteiger partial charge in [-0.3, -0.25) is 9.59 Å². The standard InChI is InChI=1S/C92H155NO8/c1-6-8-10-12-14-16-18-20-22-24-26-28-30-32-34-36-38-40-42-44-45-47-48-50-52-54-56-58-60-62-64-66-68-70-72-74-76-78-80-82-89(94)99-86-88(87-100-92(91(96)97)98-85-84-93(3,4)5)101-90(95)83-81-79-77-75-73-71-69-67-65-63-61-59-57-55-53-51-49-46-43-41-39-37-35-33-31-29-27-25-23-21-19-17-15-13-11-9-7-2/h8-11,14-17,20-23,26-29,33,35,39,41,46,49,53,55,59,61,88,92H,6-7,12-13,18-19,24-25,30-32,34,36-38,40,42-45,47-48,50-52,54,56-58,60,62-87H2,1-5H3/b10-8-,11-9-,16-14-,17-15-,22-20-,23-21-,28-26-,29-27-,35-33-,41-39-,49-46-,55-53-,61-59-. The van der Waals surface area contributed by atoms with Gasteiger partial charge in [-0.1, -0.05) is 371 Å². The number of carbonyl (C=O) groups is 3. The predicted molar refractivity (Wildman–Crippen MR) is 435 cm³/mol. The third-order valence-corrected chi connectivity index (χ3v) is 17.8. The monoisotopic (exact) mass is 1400 g/mol. The Kier molecular flexibility index (Phi) is 76.5. The van der Waals surface area contributed by atoms with Crippen molar-refractivity contribution in [2.24, 2.45) is 0 Å². The lowest BCUT2D eigenvalue weighted by Crippen LogP contribution is -2.44. The Bertz CT molecular complexity index is 2230. The third-order valence-electron chi connectivity index (χ3n) is 17.8. The number of carbonyl (C=O) groups excluding carboxylic acids is 3. The highest BCUT2D eigenvalue weighted by Crippen LogP contribution is 2.19. The van der Waals surface area contributed by atoms with E-state index in [1.807, 2.05) is 21.1 Å². The molecule has 9 heteroatoms. The Labute approximate surface area is 623 Å². The van der Waals surface area contributed by atoms with Gasteiger partial charge in [0.2, 0.25) is 0 Å². The number of ether oxygens (including phenoxy) is 4. The Balaban J connectivity index is 4.04. The molecule has 0 aromatic rings. The van der Waals surface area contributed by atoms with Gasteiger partial charge in [-0.15, -0.1) is 0 Å². The minimum atomic E-state index is -1.63. The Morgan fingerprint density at radius 2 is 0.535 bits per heavy atom. The average Bonchev–Trinajstić information content (AvgIpc) is 1.25. The van der Waals surface area contributed by atoms with Gasteiger partial charge in [-0.2, -0.15) is 0 Å². The summed E-state index contributed by atoms with van der Waals surface area (Å²) in [6.45, 7) is 4.54. The number of likely N-dealkylation sites (N-methyl/N-ethyl adjacent to an activating group) is 1. The van der Waals surface area contributed by atoms with Gasteiger partial charge in [0.1, 0.15) is 13.2 Å². The number of allylic oxidation sites excluding steroid dienone is 26. The highest BCUT2D eigenvalue weighted by Gasteiger charge is 2.22. The lowest BCUT2D eigenvalue weighted by molar-refractivity contribution is -0.870. The van der Waals surface area contributed by atoms with Gasteiger partial charge in [0.05, 0.1) is 40.3 Å². The molecule has 0 bridgehead atoms. The summed E-state index contributed by atoms with van der Waals surface area (Å²) in [5, 5.41) is 11.9. The van der Waals surface area contributed by atoms with E-state index < -0.39 is 24.3 Å². The van der Waals surface area contributed by atoms with Crippen LogP contribution in [0.1, 0.15) is 348 Å². The molecule has 0 aliphatic carbocycles. The van der Waals surface area contributed by atoms with Crippen LogP contribution in [0.2, 0.25) is 0 Å². The third kappa shape index (κ3) is 82.1. The molecule has 0 amide bonds. The first-order valence-corrected chi connectivity index (χ1v) is 41.6. The molecule has 0 aliphatic rings. The van der Waals surface area contributed by atoms with Crippen LogP contribution in [0.4, 0.5) is 0 Å². The quantitative estimate of drug-likeness (QED) is 0.0195. The maximum absolute atomic E-state index is 13.0. The van der Waals surface area contributed by atoms with Gasteiger partial charge in [-0.25, -0.2) is 0 Å². The zero-order valence-electron chi connectivity index (χ0n) is 66.0. The van der Waals surface area contributed by atoms with E-state index in [-0.39, 0.29) is 38.6 Å². The number of nitrogens with zero attached hydrogens (tertiary/aromatic N) is 1. The first-order chi connectivity index (χ1) is 49.6. The molecule has 0 fully saturated rings. The first kappa shape index (κ1) is 95.9. The van der Waals surface area contributed by atoms with Gasteiger partial charge in [0.25, 0.3) is 0 Å². The van der Waals surface area contributed by atoms with Crippen molar-refractivity contribution < 1.29 is 42.9 Å². The summed E-state index contributed by atoms with van der Waals surface area (Å²) in [7, 11) is 5.93. The smallest absolute Gasteiger partial charge is 0.306 e. The van der Waals surface area contributed by atoms with Crippen LogP contribution in [0.3, 0.4) is 0 Å². The van der Waals surface area contributed by atoms with Gasteiger partial charge in [0, 0.05) is 12.8 Å². The Morgan fingerprint density at radius 3 is 0.792 bits per heavy atom. The molecule has 576 valence electrons. The molecule has 0 N–H and O–H groups in total. The molecule has 2 atom stereocenters. The van der Waals surface area contributed by atoms with E-state index in [2.05, 4.69) is 172 Å². The number of quaternary nitrogens is 1. The molecule has 0 heterocycles. The Morgan fingerprint density at radius 1 is 0.297 bits per heavy atom. The normalized spacial score (nSPS) is 13.5. The summed E-state index contributed by atoms with van der Waals surface area (Å²) >= 11 is 0.